The maximum atomic E-state index is 9.75. The summed E-state index contributed by atoms with van der Waals surface area (Å²) in [6.45, 7) is 14.3. The fourth-order valence-corrected chi connectivity index (χ4v) is 8.02. The molecule has 26 heavy (non-hydrogen) atoms. The average molecular weight is 386 g/mol. The average Bonchev–Trinajstić information content (AvgIpc) is 2.43. The zero-order valence-electron chi connectivity index (χ0n) is 16.3. The summed E-state index contributed by atoms with van der Waals surface area (Å²) < 4.78 is 39.0. The predicted molar refractivity (Wildman–Crippen MR) is 110 cm³/mol. The Hall–Kier alpha value is -1.35. The lowest BCUT2D eigenvalue weighted by molar-refractivity contribution is 0.368. The molecule has 2 aromatic carbocycles. The highest BCUT2D eigenvalue weighted by atomic mass is 31.1. The van der Waals surface area contributed by atoms with Gasteiger partial charge in [0.15, 0.2) is 0 Å². The standard InChI is InChI=1S/C20H27P.BF4/c1-19(2,3)21(20(4,5)6)18-14-10-13-17(15-18)16-11-8-7-9-12-16;2-1(3,4)5/h7-15H,1-6H3;/q;-1/p+1. The number of halogens is 4. The first-order valence-corrected chi connectivity index (χ1v) is 10.1. The van der Waals surface area contributed by atoms with Crippen LogP contribution >= 0.6 is 7.92 Å². The molecule has 2 rings (SSSR count). The van der Waals surface area contributed by atoms with Crippen LogP contribution in [0.2, 0.25) is 0 Å². The molecule has 0 aliphatic rings. The topological polar surface area (TPSA) is 0 Å². The van der Waals surface area contributed by atoms with E-state index in [1.807, 2.05) is 0 Å². The maximum absolute atomic E-state index is 9.75. The third kappa shape index (κ3) is 7.91. The van der Waals surface area contributed by atoms with Crippen molar-refractivity contribution in [3.05, 3.63) is 54.6 Å². The van der Waals surface area contributed by atoms with Crippen LogP contribution in [0, 0.1) is 0 Å². The Morgan fingerprint density at radius 3 is 1.50 bits per heavy atom. The van der Waals surface area contributed by atoms with E-state index in [4.69, 9.17) is 0 Å². The molecule has 0 aliphatic heterocycles. The summed E-state index contributed by atoms with van der Waals surface area (Å²) in [5, 5.41) is 2.23. The van der Waals surface area contributed by atoms with Crippen molar-refractivity contribution < 1.29 is 17.3 Å². The summed E-state index contributed by atoms with van der Waals surface area (Å²) in [5.41, 5.74) is 2.65. The molecule has 6 heteroatoms. The smallest absolute Gasteiger partial charge is 0.418 e. The Balaban J connectivity index is 0.000000597. The zero-order valence-corrected chi connectivity index (χ0v) is 17.3. The Labute approximate surface area is 155 Å². The van der Waals surface area contributed by atoms with Crippen LogP contribution in [0.25, 0.3) is 11.1 Å². The van der Waals surface area contributed by atoms with Crippen LogP contribution in [0.4, 0.5) is 17.3 Å². The van der Waals surface area contributed by atoms with Gasteiger partial charge in [0.05, 0.1) is 15.6 Å². The first kappa shape index (κ1) is 22.7. The minimum Gasteiger partial charge on any atom is -0.418 e. The molecule has 2 aromatic rings. The van der Waals surface area contributed by atoms with Crippen LogP contribution < -0.4 is 5.30 Å². The van der Waals surface area contributed by atoms with Crippen LogP contribution in [0.1, 0.15) is 41.5 Å². The Kier molecular flexibility index (Phi) is 7.47. The van der Waals surface area contributed by atoms with Gasteiger partial charge in [-0.25, -0.2) is 0 Å². The van der Waals surface area contributed by atoms with Gasteiger partial charge in [-0.2, -0.15) is 0 Å². The van der Waals surface area contributed by atoms with Gasteiger partial charge in [0.2, 0.25) is 0 Å². The molecule has 0 unspecified atom stereocenters. The molecule has 144 valence electrons. The molecule has 0 radical (unpaired) electrons. The third-order valence-corrected chi connectivity index (χ3v) is 7.65. The molecule has 0 aliphatic carbocycles. The first-order chi connectivity index (χ1) is 11.7. The van der Waals surface area contributed by atoms with Gasteiger partial charge in [0, 0.05) is 7.92 Å². The number of rotatable bonds is 2. The van der Waals surface area contributed by atoms with Crippen molar-refractivity contribution in [3.8, 4) is 11.1 Å². The molecular weight excluding hydrogens is 358 g/mol. The van der Waals surface area contributed by atoms with Crippen LogP contribution in [0.3, 0.4) is 0 Å². The Morgan fingerprint density at radius 2 is 1.08 bits per heavy atom. The first-order valence-electron chi connectivity index (χ1n) is 8.60. The van der Waals surface area contributed by atoms with Crippen LogP contribution in [0.5, 0.6) is 0 Å². The summed E-state index contributed by atoms with van der Waals surface area (Å²) >= 11 is 0. The van der Waals surface area contributed by atoms with Gasteiger partial charge in [0.25, 0.3) is 0 Å². The van der Waals surface area contributed by atoms with Gasteiger partial charge in [-0.1, -0.05) is 42.5 Å². The summed E-state index contributed by atoms with van der Waals surface area (Å²) in [7, 11) is -6.68. The van der Waals surface area contributed by atoms with E-state index in [-0.39, 0.29) is 0 Å². The van der Waals surface area contributed by atoms with Crippen molar-refractivity contribution in [2.45, 2.75) is 51.9 Å². The van der Waals surface area contributed by atoms with Crippen molar-refractivity contribution in [2.24, 2.45) is 0 Å². The second-order valence-corrected chi connectivity index (χ2v) is 12.6. The van der Waals surface area contributed by atoms with E-state index in [9.17, 15) is 17.3 Å². The fourth-order valence-electron chi connectivity index (χ4n) is 3.48. The summed E-state index contributed by atoms with van der Waals surface area (Å²) in [4.78, 5) is 0. The third-order valence-electron chi connectivity index (χ3n) is 3.76. The highest BCUT2D eigenvalue weighted by molar-refractivity contribution is 7.68. The van der Waals surface area contributed by atoms with E-state index in [1.54, 1.807) is 5.30 Å². The van der Waals surface area contributed by atoms with Crippen LogP contribution in [-0.4, -0.2) is 17.6 Å². The van der Waals surface area contributed by atoms with E-state index in [2.05, 4.69) is 96.1 Å². The van der Waals surface area contributed by atoms with Gasteiger partial charge in [0.1, 0.15) is 0 Å². The maximum Gasteiger partial charge on any atom is 0.673 e. The van der Waals surface area contributed by atoms with Crippen molar-refractivity contribution in [3.63, 3.8) is 0 Å². The summed E-state index contributed by atoms with van der Waals surface area (Å²) in [6.07, 6.45) is 0. The molecule has 0 heterocycles. The number of hydrogen-bond acceptors (Lipinski definition) is 0. The lowest BCUT2D eigenvalue weighted by Gasteiger charge is -2.34. The highest BCUT2D eigenvalue weighted by Gasteiger charge is 2.43. The van der Waals surface area contributed by atoms with E-state index >= 15 is 0 Å². The molecule has 0 N–H and O–H groups in total. The molecule has 0 nitrogen and oxygen atoms in total. The van der Waals surface area contributed by atoms with E-state index in [0.717, 1.165) is 0 Å². The van der Waals surface area contributed by atoms with E-state index in [1.165, 1.54) is 11.1 Å². The Bertz CT molecular complexity index is 665. The molecular formula is C20H28BF4P. The molecule has 0 atom stereocenters. The molecule has 0 saturated carbocycles. The van der Waals surface area contributed by atoms with Crippen molar-refractivity contribution in [2.75, 3.05) is 0 Å². The molecule has 0 spiro atoms. The normalized spacial score (nSPS) is 12.6. The van der Waals surface area contributed by atoms with Gasteiger partial charge in [-0.3, -0.25) is 0 Å². The predicted octanol–water partition coefficient (Wildman–Crippen LogP) is 7.09. The lowest BCUT2D eigenvalue weighted by atomic mass is 10.1. The van der Waals surface area contributed by atoms with Gasteiger partial charge in [-0.15, -0.1) is 0 Å². The van der Waals surface area contributed by atoms with Gasteiger partial charge in [-0.05, 0) is 64.8 Å². The SMILES string of the molecule is CC(C)(C)[PH+](c1cccc(-c2ccccc2)c1)C(C)(C)C.F[B-](F)(F)F. The van der Waals surface area contributed by atoms with Crippen molar-refractivity contribution in [1.82, 2.24) is 0 Å². The van der Waals surface area contributed by atoms with Crippen LogP contribution in [-0.2, 0) is 0 Å². The van der Waals surface area contributed by atoms with Crippen molar-refractivity contribution in [1.29, 1.82) is 0 Å². The number of hydrogen-bond donors (Lipinski definition) is 0. The van der Waals surface area contributed by atoms with Gasteiger partial charge >= 0.3 is 7.25 Å². The van der Waals surface area contributed by atoms with E-state index in [0.29, 0.717) is 10.3 Å². The highest BCUT2D eigenvalue weighted by Crippen LogP contribution is 2.58. The fraction of sp³-hybridized carbons (Fsp3) is 0.400. The zero-order chi connectivity index (χ0) is 20.2. The van der Waals surface area contributed by atoms with Gasteiger partial charge < -0.3 is 17.3 Å². The minimum atomic E-state index is -6.00. The van der Waals surface area contributed by atoms with E-state index < -0.39 is 15.2 Å². The molecule has 0 aromatic heterocycles. The second-order valence-electron chi connectivity index (χ2n) is 8.32. The lowest BCUT2D eigenvalue weighted by Crippen LogP contribution is -2.31. The minimum absolute atomic E-state index is 0.345. The Morgan fingerprint density at radius 1 is 0.654 bits per heavy atom. The van der Waals surface area contributed by atoms with Crippen molar-refractivity contribution >= 4 is 20.5 Å². The largest absolute Gasteiger partial charge is 0.673 e. The summed E-state index contributed by atoms with van der Waals surface area (Å²) in [5.74, 6) is 0. The van der Waals surface area contributed by atoms with Crippen LogP contribution in [0.15, 0.2) is 54.6 Å². The molecule has 0 saturated heterocycles. The summed E-state index contributed by atoms with van der Waals surface area (Å²) in [6, 6.07) is 19.9. The monoisotopic (exact) mass is 386 g/mol. The quantitative estimate of drug-likeness (QED) is 0.294. The molecule has 0 amide bonds. The number of benzene rings is 2. The molecule has 0 fully saturated rings. The molecule has 0 bridgehead atoms. The second kappa shape index (κ2) is 8.56.